The van der Waals surface area contributed by atoms with Gasteiger partial charge in [-0.25, -0.2) is 0 Å². The van der Waals surface area contributed by atoms with Crippen LogP contribution in [0.1, 0.15) is 19.4 Å². The predicted molar refractivity (Wildman–Crippen MR) is 74.2 cm³/mol. The van der Waals surface area contributed by atoms with E-state index in [-0.39, 0.29) is 17.5 Å². The molecule has 6 heteroatoms. The molecule has 1 atom stereocenters. The number of carbonyl (C=O) groups excluding carboxylic acids is 1. The molecular weight excluding hydrogens is 246 g/mol. The Morgan fingerprint density at radius 2 is 2.16 bits per heavy atom. The molecule has 0 aromatic heterocycles. The fraction of sp³-hybridized carbons (Fsp3) is 0.462. The van der Waals surface area contributed by atoms with Crippen LogP contribution in [0.4, 0.5) is 11.4 Å². The van der Waals surface area contributed by atoms with Crippen molar-refractivity contribution in [2.75, 3.05) is 18.4 Å². The van der Waals surface area contributed by atoms with Gasteiger partial charge in [-0.05, 0) is 19.5 Å². The lowest BCUT2D eigenvalue weighted by Crippen LogP contribution is -2.30. The quantitative estimate of drug-likeness (QED) is 0.609. The minimum Gasteiger partial charge on any atom is -0.325 e. The Balaban J connectivity index is 2.80. The van der Waals surface area contributed by atoms with E-state index in [0.717, 1.165) is 6.54 Å². The summed E-state index contributed by atoms with van der Waals surface area (Å²) in [6, 6.07) is 4.66. The van der Waals surface area contributed by atoms with E-state index < -0.39 is 4.92 Å². The van der Waals surface area contributed by atoms with Crippen LogP contribution >= 0.6 is 0 Å². The summed E-state index contributed by atoms with van der Waals surface area (Å²) < 4.78 is 0. The summed E-state index contributed by atoms with van der Waals surface area (Å²) in [5, 5.41) is 16.6. The maximum absolute atomic E-state index is 11.9. The third-order valence-electron chi connectivity index (χ3n) is 2.91. The monoisotopic (exact) mass is 265 g/mol. The van der Waals surface area contributed by atoms with Gasteiger partial charge in [-0.3, -0.25) is 14.9 Å². The van der Waals surface area contributed by atoms with Gasteiger partial charge in [-0.2, -0.15) is 0 Å². The number of anilines is 1. The molecule has 0 aliphatic carbocycles. The van der Waals surface area contributed by atoms with Crippen molar-refractivity contribution in [3.63, 3.8) is 0 Å². The van der Waals surface area contributed by atoms with Gasteiger partial charge in [-0.1, -0.05) is 19.9 Å². The Morgan fingerprint density at radius 1 is 1.47 bits per heavy atom. The SMILES string of the molecule is CCNCC(C)C(=O)Nc1cccc([N+](=O)[O-])c1C. The van der Waals surface area contributed by atoms with E-state index in [2.05, 4.69) is 10.6 Å². The molecule has 0 aliphatic heterocycles. The largest absolute Gasteiger partial charge is 0.325 e. The number of amides is 1. The highest BCUT2D eigenvalue weighted by molar-refractivity contribution is 5.93. The molecular formula is C13H19N3O3. The fourth-order valence-corrected chi connectivity index (χ4v) is 1.67. The normalized spacial score (nSPS) is 11.9. The van der Waals surface area contributed by atoms with E-state index >= 15 is 0 Å². The average Bonchev–Trinajstić information content (AvgIpc) is 2.37. The Labute approximate surface area is 112 Å². The number of hydrogen-bond donors (Lipinski definition) is 2. The zero-order valence-electron chi connectivity index (χ0n) is 11.4. The summed E-state index contributed by atoms with van der Waals surface area (Å²) >= 11 is 0. The Hall–Kier alpha value is -1.95. The number of nitrogens with zero attached hydrogens (tertiary/aromatic N) is 1. The molecule has 0 spiro atoms. The average molecular weight is 265 g/mol. The molecule has 0 heterocycles. The Kier molecular flexibility index (Phi) is 5.44. The zero-order chi connectivity index (χ0) is 14.4. The number of rotatable bonds is 6. The molecule has 104 valence electrons. The molecule has 1 unspecified atom stereocenters. The van der Waals surface area contributed by atoms with Gasteiger partial charge >= 0.3 is 0 Å². The van der Waals surface area contributed by atoms with Gasteiger partial charge in [0.25, 0.3) is 5.69 Å². The molecule has 0 fully saturated rings. The van der Waals surface area contributed by atoms with Gasteiger partial charge < -0.3 is 10.6 Å². The van der Waals surface area contributed by atoms with E-state index in [1.165, 1.54) is 6.07 Å². The number of nitro benzene ring substituents is 1. The number of nitrogens with one attached hydrogen (secondary N) is 2. The van der Waals surface area contributed by atoms with Crippen molar-refractivity contribution in [3.8, 4) is 0 Å². The van der Waals surface area contributed by atoms with Crippen molar-refractivity contribution >= 4 is 17.3 Å². The van der Waals surface area contributed by atoms with E-state index in [9.17, 15) is 14.9 Å². The van der Waals surface area contributed by atoms with Crippen LogP contribution in [0.3, 0.4) is 0 Å². The first-order valence-electron chi connectivity index (χ1n) is 6.23. The molecule has 2 N–H and O–H groups in total. The summed E-state index contributed by atoms with van der Waals surface area (Å²) in [5.74, 6) is -0.344. The third kappa shape index (κ3) is 4.03. The molecule has 0 radical (unpaired) electrons. The van der Waals surface area contributed by atoms with Gasteiger partial charge in [0.05, 0.1) is 16.2 Å². The first-order chi connectivity index (χ1) is 8.97. The van der Waals surface area contributed by atoms with Crippen molar-refractivity contribution in [2.24, 2.45) is 5.92 Å². The van der Waals surface area contributed by atoms with E-state index in [1.54, 1.807) is 19.1 Å². The fourth-order valence-electron chi connectivity index (χ4n) is 1.67. The molecule has 0 saturated carbocycles. The second kappa shape index (κ2) is 6.84. The highest BCUT2D eigenvalue weighted by atomic mass is 16.6. The lowest BCUT2D eigenvalue weighted by atomic mass is 10.1. The van der Waals surface area contributed by atoms with Crippen molar-refractivity contribution in [3.05, 3.63) is 33.9 Å². The van der Waals surface area contributed by atoms with Crippen LogP contribution < -0.4 is 10.6 Å². The minimum absolute atomic E-state index is 0.0112. The minimum atomic E-state index is -0.451. The molecule has 6 nitrogen and oxygen atoms in total. The summed E-state index contributed by atoms with van der Waals surface area (Å²) in [5.41, 5.74) is 0.969. The number of benzene rings is 1. The summed E-state index contributed by atoms with van der Waals surface area (Å²) in [7, 11) is 0. The number of hydrogen-bond acceptors (Lipinski definition) is 4. The molecule has 0 saturated heterocycles. The van der Waals surface area contributed by atoms with Crippen LogP contribution in [0.2, 0.25) is 0 Å². The van der Waals surface area contributed by atoms with Crippen LogP contribution in [0.25, 0.3) is 0 Å². The zero-order valence-corrected chi connectivity index (χ0v) is 11.4. The van der Waals surface area contributed by atoms with Crippen LogP contribution in [-0.4, -0.2) is 23.9 Å². The van der Waals surface area contributed by atoms with Crippen LogP contribution in [0.15, 0.2) is 18.2 Å². The third-order valence-corrected chi connectivity index (χ3v) is 2.91. The highest BCUT2D eigenvalue weighted by Gasteiger charge is 2.17. The maximum atomic E-state index is 11.9. The van der Waals surface area contributed by atoms with Gasteiger partial charge in [0.2, 0.25) is 5.91 Å². The van der Waals surface area contributed by atoms with E-state index in [0.29, 0.717) is 17.8 Å². The molecule has 1 amide bonds. The summed E-state index contributed by atoms with van der Waals surface area (Å²) in [4.78, 5) is 22.3. The second-order valence-electron chi connectivity index (χ2n) is 4.40. The standard InChI is InChI=1S/C13H19N3O3/c1-4-14-8-9(2)13(17)15-11-6-5-7-12(10(11)3)16(18)19/h5-7,9,14H,4,8H2,1-3H3,(H,15,17). The first-order valence-corrected chi connectivity index (χ1v) is 6.23. The lowest BCUT2D eigenvalue weighted by molar-refractivity contribution is -0.385. The lowest BCUT2D eigenvalue weighted by Gasteiger charge is -2.13. The Bertz CT molecular complexity index is 474. The van der Waals surface area contributed by atoms with Crippen LogP contribution in [-0.2, 0) is 4.79 Å². The van der Waals surface area contributed by atoms with Crippen molar-refractivity contribution in [1.82, 2.24) is 5.32 Å². The molecule has 1 rings (SSSR count). The molecule has 1 aromatic rings. The number of nitro groups is 1. The van der Waals surface area contributed by atoms with Crippen molar-refractivity contribution in [1.29, 1.82) is 0 Å². The molecule has 0 aliphatic rings. The second-order valence-corrected chi connectivity index (χ2v) is 4.40. The predicted octanol–water partition coefficient (Wildman–Crippen LogP) is 2.09. The van der Waals surface area contributed by atoms with E-state index in [4.69, 9.17) is 0 Å². The molecule has 0 bridgehead atoms. The molecule has 19 heavy (non-hydrogen) atoms. The molecule has 1 aromatic carbocycles. The van der Waals surface area contributed by atoms with Gasteiger partial charge in [0.15, 0.2) is 0 Å². The highest BCUT2D eigenvalue weighted by Crippen LogP contribution is 2.25. The first kappa shape index (κ1) is 15.1. The van der Waals surface area contributed by atoms with Gasteiger partial charge in [-0.15, -0.1) is 0 Å². The summed E-state index contributed by atoms with van der Waals surface area (Å²) in [6.07, 6.45) is 0. The van der Waals surface area contributed by atoms with Crippen LogP contribution in [0, 0.1) is 23.0 Å². The summed E-state index contributed by atoms with van der Waals surface area (Å²) in [6.45, 7) is 6.78. The number of carbonyl (C=O) groups is 1. The maximum Gasteiger partial charge on any atom is 0.274 e. The Morgan fingerprint density at radius 3 is 2.74 bits per heavy atom. The van der Waals surface area contributed by atoms with Crippen LogP contribution in [0.5, 0.6) is 0 Å². The van der Waals surface area contributed by atoms with Crippen molar-refractivity contribution < 1.29 is 9.72 Å². The topological polar surface area (TPSA) is 84.3 Å². The van der Waals surface area contributed by atoms with Crippen molar-refractivity contribution in [2.45, 2.75) is 20.8 Å². The van der Waals surface area contributed by atoms with E-state index in [1.807, 2.05) is 13.8 Å². The smallest absolute Gasteiger partial charge is 0.274 e. The van der Waals surface area contributed by atoms with Gasteiger partial charge in [0.1, 0.15) is 0 Å². The van der Waals surface area contributed by atoms with Gasteiger partial charge in [0, 0.05) is 18.5 Å².